The van der Waals surface area contributed by atoms with Gasteiger partial charge >= 0.3 is 0 Å². The maximum atomic E-state index is 12.1. The van der Waals surface area contributed by atoms with E-state index in [2.05, 4.69) is 5.32 Å². The summed E-state index contributed by atoms with van der Waals surface area (Å²) < 4.78 is 5.38. The zero-order valence-electron chi connectivity index (χ0n) is 10.8. The Balaban J connectivity index is 2.96. The van der Waals surface area contributed by atoms with Crippen LogP contribution in [-0.4, -0.2) is 30.3 Å². The van der Waals surface area contributed by atoms with Crippen molar-refractivity contribution in [2.45, 2.75) is 26.3 Å². The van der Waals surface area contributed by atoms with Crippen molar-refractivity contribution in [2.75, 3.05) is 18.9 Å². The van der Waals surface area contributed by atoms with E-state index in [1.807, 2.05) is 13.8 Å². The van der Waals surface area contributed by atoms with Gasteiger partial charge in [-0.1, -0.05) is 13.0 Å². The van der Waals surface area contributed by atoms with Gasteiger partial charge < -0.3 is 20.9 Å². The summed E-state index contributed by atoms with van der Waals surface area (Å²) in [4.78, 5) is 12.1. The predicted octanol–water partition coefficient (Wildman–Crippen LogP) is 1.17. The fourth-order valence-corrected chi connectivity index (χ4v) is 1.60. The SMILES string of the molecule is CCOc1cccc(N)c1C(=O)N[C@H](CC)CO. The second-order valence-electron chi connectivity index (χ2n) is 3.91. The molecule has 100 valence electrons. The minimum absolute atomic E-state index is 0.0983. The summed E-state index contributed by atoms with van der Waals surface area (Å²) in [6, 6.07) is 4.82. The van der Waals surface area contributed by atoms with Gasteiger partial charge in [-0.2, -0.15) is 0 Å². The van der Waals surface area contributed by atoms with Crippen molar-refractivity contribution in [2.24, 2.45) is 0 Å². The average molecular weight is 252 g/mol. The number of ether oxygens (including phenoxy) is 1. The van der Waals surface area contributed by atoms with E-state index in [9.17, 15) is 4.79 Å². The quantitative estimate of drug-likeness (QED) is 0.663. The molecule has 0 aliphatic carbocycles. The molecular weight excluding hydrogens is 232 g/mol. The number of hydrogen-bond donors (Lipinski definition) is 3. The molecule has 0 aromatic heterocycles. The highest BCUT2D eigenvalue weighted by atomic mass is 16.5. The first-order valence-corrected chi connectivity index (χ1v) is 6.07. The summed E-state index contributed by atoms with van der Waals surface area (Å²) in [6.07, 6.45) is 0.652. The minimum Gasteiger partial charge on any atom is -0.493 e. The molecule has 0 aliphatic rings. The molecule has 1 aromatic rings. The first-order valence-electron chi connectivity index (χ1n) is 6.07. The molecule has 0 saturated carbocycles. The number of nitrogens with one attached hydrogen (secondary N) is 1. The second kappa shape index (κ2) is 6.86. The van der Waals surface area contributed by atoms with E-state index in [1.165, 1.54) is 0 Å². The number of carbonyl (C=O) groups excluding carboxylic acids is 1. The van der Waals surface area contributed by atoms with Crippen molar-refractivity contribution in [3.05, 3.63) is 23.8 Å². The summed E-state index contributed by atoms with van der Waals surface area (Å²) in [5, 5.41) is 11.8. The van der Waals surface area contributed by atoms with Gasteiger partial charge in [0, 0.05) is 5.69 Å². The van der Waals surface area contributed by atoms with Crippen molar-refractivity contribution in [1.29, 1.82) is 0 Å². The van der Waals surface area contributed by atoms with E-state index >= 15 is 0 Å². The number of rotatable bonds is 6. The van der Waals surface area contributed by atoms with Crippen molar-refractivity contribution in [3.8, 4) is 5.75 Å². The van der Waals surface area contributed by atoms with E-state index in [0.717, 1.165) is 0 Å². The normalized spacial score (nSPS) is 11.9. The zero-order chi connectivity index (χ0) is 13.5. The Morgan fingerprint density at radius 3 is 2.78 bits per heavy atom. The van der Waals surface area contributed by atoms with Crippen LogP contribution in [0.25, 0.3) is 0 Å². The molecule has 0 radical (unpaired) electrons. The van der Waals surface area contributed by atoms with Crippen molar-refractivity contribution in [1.82, 2.24) is 5.32 Å². The van der Waals surface area contributed by atoms with Gasteiger partial charge in [-0.15, -0.1) is 0 Å². The van der Waals surface area contributed by atoms with Gasteiger partial charge in [0.1, 0.15) is 11.3 Å². The molecule has 0 bridgehead atoms. The molecule has 1 aromatic carbocycles. The predicted molar refractivity (Wildman–Crippen MR) is 70.7 cm³/mol. The molecule has 1 rings (SSSR count). The van der Waals surface area contributed by atoms with Crippen molar-refractivity contribution < 1.29 is 14.6 Å². The van der Waals surface area contributed by atoms with Crippen LogP contribution >= 0.6 is 0 Å². The van der Waals surface area contributed by atoms with Crippen LogP contribution in [0, 0.1) is 0 Å². The van der Waals surface area contributed by atoms with Crippen LogP contribution in [0.3, 0.4) is 0 Å². The summed E-state index contributed by atoms with van der Waals surface area (Å²) >= 11 is 0. The molecule has 5 nitrogen and oxygen atoms in total. The van der Waals surface area contributed by atoms with Gasteiger partial charge in [-0.05, 0) is 25.5 Å². The lowest BCUT2D eigenvalue weighted by molar-refractivity contribution is 0.0912. The average Bonchev–Trinajstić information content (AvgIpc) is 2.36. The largest absolute Gasteiger partial charge is 0.493 e. The van der Waals surface area contributed by atoms with E-state index < -0.39 is 0 Å². The lowest BCUT2D eigenvalue weighted by Gasteiger charge is -2.17. The lowest BCUT2D eigenvalue weighted by Crippen LogP contribution is -2.37. The van der Waals surface area contributed by atoms with E-state index in [4.69, 9.17) is 15.6 Å². The first-order chi connectivity index (χ1) is 8.63. The van der Waals surface area contributed by atoms with Crippen molar-refractivity contribution in [3.63, 3.8) is 0 Å². The summed E-state index contributed by atoms with van der Waals surface area (Å²) in [6.45, 7) is 4.09. The second-order valence-corrected chi connectivity index (χ2v) is 3.91. The Bertz CT molecular complexity index is 403. The molecule has 0 fully saturated rings. The number of hydrogen-bond acceptors (Lipinski definition) is 4. The topological polar surface area (TPSA) is 84.6 Å². The number of carbonyl (C=O) groups is 1. The Morgan fingerprint density at radius 1 is 1.50 bits per heavy atom. The van der Waals surface area contributed by atoms with Crippen LogP contribution in [0.15, 0.2) is 18.2 Å². The van der Waals surface area contributed by atoms with Crippen LogP contribution in [0.2, 0.25) is 0 Å². The third-order valence-corrected chi connectivity index (χ3v) is 2.63. The Labute approximate surface area is 107 Å². The van der Waals surface area contributed by atoms with Crippen LogP contribution < -0.4 is 15.8 Å². The molecule has 5 heteroatoms. The van der Waals surface area contributed by atoms with Gasteiger partial charge in [-0.3, -0.25) is 4.79 Å². The number of nitrogen functional groups attached to an aromatic ring is 1. The third kappa shape index (κ3) is 3.37. The molecule has 0 spiro atoms. The molecular formula is C13H20N2O3. The van der Waals surface area contributed by atoms with Crippen molar-refractivity contribution >= 4 is 11.6 Å². The molecule has 1 atom stereocenters. The smallest absolute Gasteiger partial charge is 0.257 e. The third-order valence-electron chi connectivity index (χ3n) is 2.63. The fourth-order valence-electron chi connectivity index (χ4n) is 1.60. The fraction of sp³-hybridized carbons (Fsp3) is 0.462. The van der Waals surface area contributed by atoms with Gasteiger partial charge in [0.2, 0.25) is 0 Å². The van der Waals surface area contributed by atoms with E-state index in [1.54, 1.807) is 18.2 Å². The number of aliphatic hydroxyl groups is 1. The maximum Gasteiger partial charge on any atom is 0.257 e. The Kier molecular flexibility index (Phi) is 5.45. The molecule has 0 saturated heterocycles. The summed E-state index contributed by atoms with van der Waals surface area (Å²) in [5.74, 6) is 0.139. The van der Waals surface area contributed by atoms with Gasteiger partial charge in [0.25, 0.3) is 5.91 Å². The first kappa shape index (κ1) is 14.3. The highest BCUT2D eigenvalue weighted by Gasteiger charge is 2.18. The zero-order valence-corrected chi connectivity index (χ0v) is 10.8. The maximum absolute atomic E-state index is 12.1. The highest BCUT2D eigenvalue weighted by molar-refractivity contribution is 6.02. The molecule has 0 heterocycles. The van der Waals surface area contributed by atoms with Gasteiger partial charge in [-0.25, -0.2) is 0 Å². The van der Waals surface area contributed by atoms with E-state index in [0.29, 0.717) is 30.0 Å². The number of nitrogens with two attached hydrogens (primary N) is 1. The van der Waals surface area contributed by atoms with Gasteiger partial charge in [0.05, 0.1) is 19.3 Å². The minimum atomic E-state index is -0.322. The van der Waals surface area contributed by atoms with Gasteiger partial charge in [0.15, 0.2) is 0 Å². The molecule has 0 aliphatic heterocycles. The number of amides is 1. The van der Waals surface area contributed by atoms with Crippen LogP contribution in [0.5, 0.6) is 5.75 Å². The molecule has 18 heavy (non-hydrogen) atoms. The number of anilines is 1. The Hall–Kier alpha value is -1.75. The standard InChI is InChI=1S/C13H20N2O3/c1-3-9(8-16)15-13(17)12-10(14)6-5-7-11(12)18-4-2/h5-7,9,16H,3-4,8,14H2,1-2H3,(H,15,17)/t9-/m1/s1. The molecule has 1 amide bonds. The summed E-state index contributed by atoms with van der Waals surface area (Å²) in [5.41, 5.74) is 6.50. The number of benzene rings is 1. The number of aliphatic hydroxyl groups excluding tert-OH is 1. The molecule has 0 unspecified atom stereocenters. The summed E-state index contributed by atoms with van der Waals surface area (Å²) in [7, 11) is 0. The Morgan fingerprint density at radius 2 is 2.22 bits per heavy atom. The van der Waals surface area contributed by atoms with E-state index in [-0.39, 0.29) is 18.6 Å². The van der Waals surface area contributed by atoms with Crippen LogP contribution in [-0.2, 0) is 0 Å². The van der Waals surface area contributed by atoms with Crippen LogP contribution in [0.4, 0.5) is 5.69 Å². The highest BCUT2D eigenvalue weighted by Crippen LogP contribution is 2.24. The molecule has 4 N–H and O–H groups in total. The monoisotopic (exact) mass is 252 g/mol. The van der Waals surface area contributed by atoms with Crippen LogP contribution in [0.1, 0.15) is 30.6 Å². The lowest BCUT2D eigenvalue weighted by atomic mass is 10.1.